The van der Waals surface area contributed by atoms with Crippen molar-refractivity contribution < 1.29 is 27.2 Å². The van der Waals surface area contributed by atoms with Gasteiger partial charge in [-0.2, -0.15) is 13.2 Å². The molecule has 0 aromatic carbocycles. The molecule has 2 aromatic heterocycles. The monoisotopic (exact) mass is 347 g/mol. The maximum Gasteiger partial charge on any atom is 0.437 e. The Hall–Kier alpha value is -1.94. The lowest BCUT2D eigenvalue weighted by Crippen LogP contribution is -2.27. The van der Waals surface area contributed by atoms with Crippen LogP contribution in [0.3, 0.4) is 0 Å². The summed E-state index contributed by atoms with van der Waals surface area (Å²) in [7, 11) is 0. The van der Waals surface area contributed by atoms with Gasteiger partial charge in [-0.15, -0.1) is 11.3 Å². The number of ether oxygens (including phenoxy) is 1. The molecule has 1 N–H and O–H groups in total. The molecule has 6 nitrogen and oxygen atoms in total. The van der Waals surface area contributed by atoms with Crippen LogP contribution in [0.25, 0.3) is 0 Å². The van der Waals surface area contributed by atoms with Crippen LogP contribution >= 0.6 is 11.3 Å². The van der Waals surface area contributed by atoms with Crippen molar-refractivity contribution in [3.63, 3.8) is 0 Å². The maximum atomic E-state index is 12.6. The minimum Gasteiger partial charge on any atom is -0.375 e. The van der Waals surface area contributed by atoms with E-state index in [1.54, 1.807) is 0 Å². The standard InChI is InChI=1S/C13H12F3N3O3S/c14-13(15,16)11-7(5-22-19-11)12(20)17-3-1-10-18-8-2-4-21-6-9(8)23-10/h5H,1-4,6H2,(H,17,20). The first-order chi connectivity index (χ1) is 10.9. The number of fused-ring (bicyclic) bond motifs is 1. The van der Waals surface area contributed by atoms with Crippen molar-refractivity contribution in [2.75, 3.05) is 13.2 Å². The molecule has 23 heavy (non-hydrogen) atoms. The van der Waals surface area contributed by atoms with E-state index in [4.69, 9.17) is 4.74 Å². The van der Waals surface area contributed by atoms with Gasteiger partial charge in [0.2, 0.25) is 0 Å². The summed E-state index contributed by atoms with van der Waals surface area (Å²) in [6.45, 7) is 1.35. The van der Waals surface area contributed by atoms with Crippen LogP contribution in [0.2, 0.25) is 0 Å². The number of rotatable bonds is 4. The highest BCUT2D eigenvalue weighted by molar-refractivity contribution is 7.11. The Morgan fingerprint density at radius 1 is 1.43 bits per heavy atom. The molecule has 0 atom stereocenters. The normalized spacial score (nSPS) is 14.6. The fraction of sp³-hybridized carbons (Fsp3) is 0.462. The highest BCUT2D eigenvalue weighted by Gasteiger charge is 2.39. The minimum absolute atomic E-state index is 0.175. The predicted molar refractivity (Wildman–Crippen MR) is 73.0 cm³/mol. The van der Waals surface area contributed by atoms with Gasteiger partial charge in [0.25, 0.3) is 5.91 Å². The van der Waals surface area contributed by atoms with Crippen molar-refractivity contribution in [1.82, 2.24) is 15.5 Å². The van der Waals surface area contributed by atoms with Crippen LogP contribution in [0.15, 0.2) is 10.8 Å². The average Bonchev–Trinajstić information content (AvgIpc) is 3.13. The molecule has 3 rings (SSSR count). The third kappa shape index (κ3) is 3.53. The van der Waals surface area contributed by atoms with Crippen LogP contribution in [0.1, 0.15) is 31.6 Å². The van der Waals surface area contributed by atoms with Gasteiger partial charge in [-0.3, -0.25) is 4.79 Å². The third-order valence-corrected chi connectivity index (χ3v) is 4.38. The number of aromatic nitrogens is 2. The summed E-state index contributed by atoms with van der Waals surface area (Å²) in [5, 5.41) is 6.08. The zero-order valence-corrected chi connectivity index (χ0v) is 12.6. The van der Waals surface area contributed by atoms with E-state index in [1.807, 2.05) is 0 Å². The summed E-state index contributed by atoms with van der Waals surface area (Å²) in [6.07, 6.45) is -2.84. The number of carbonyl (C=O) groups is 1. The lowest BCUT2D eigenvalue weighted by Gasteiger charge is -2.08. The Morgan fingerprint density at radius 2 is 2.26 bits per heavy atom. The largest absolute Gasteiger partial charge is 0.437 e. The second-order valence-corrected chi connectivity index (χ2v) is 6.03. The molecule has 0 fully saturated rings. The van der Waals surface area contributed by atoms with Gasteiger partial charge < -0.3 is 14.6 Å². The molecule has 1 aliphatic rings. The molecule has 1 amide bonds. The molecular formula is C13H12F3N3O3S. The molecule has 0 spiro atoms. The van der Waals surface area contributed by atoms with Crippen LogP contribution < -0.4 is 5.32 Å². The van der Waals surface area contributed by atoms with E-state index in [1.165, 1.54) is 11.3 Å². The van der Waals surface area contributed by atoms with E-state index >= 15 is 0 Å². The quantitative estimate of drug-likeness (QED) is 0.917. The topological polar surface area (TPSA) is 77.2 Å². The lowest BCUT2D eigenvalue weighted by atomic mass is 10.2. The molecule has 3 heterocycles. The molecule has 0 radical (unpaired) electrons. The van der Waals surface area contributed by atoms with Gasteiger partial charge in [0.05, 0.1) is 28.8 Å². The summed E-state index contributed by atoms with van der Waals surface area (Å²) in [5.74, 6) is -0.872. The number of nitrogens with one attached hydrogen (secondary N) is 1. The number of thiazole rings is 1. The number of hydrogen-bond acceptors (Lipinski definition) is 6. The fourth-order valence-electron chi connectivity index (χ4n) is 2.17. The van der Waals surface area contributed by atoms with Crippen molar-refractivity contribution >= 4 is 17.2 Å². The number of amides is 1. The van der Waals surface area contributed by atoms with Gasteiger partial charge in [-0.25, -0.2) is 4.98 Å². The van der Waals surface area contributed by atoms with Gasteiger partial charge in [-0.1, -0.05) is 5.16 Å². The number of halogens is 3. The van der Waals surface area contributed by atoms with Crippen molar-refractivity contribution in [2.45, 2.75) is 25.6 Å². The van der Waals surface area contributed by atoms with E-state index in [9.17, 15) is 18.0 Å². The van der Waals surface area contributed by atoms with Gasteiger partial charge in [0, 0.05) is 19.4 Å². The summed E-state index contributed by atoms with van der Waals surface area (Å²) in [6, 6.07) is 0. The molecule has 0 aliphatic carbocycles. The van der Waals surface area contributed by atoms with Crippen LogP contribution in [0.5, 0.6) is 0 Å². The smallest absolute Gasteiger partial charge is 0.375 e. The van der Waals surface area contributed by atoms with Crippen LogP contribution in [-0.4, -0.2) is 29.2 Å². The molecular weight excluding hydrogens is 335 g/mol. The van der Waals surface area contributed by atoms with Gasteiger partial charge in [-0.05, 0) is 0 Å². The molecule has 10 heteroatoms. The highest BCUT2D eigenvalue weighted by Crippen LogP contribution is 2.30. The van der Waals surface area contributed by atoms with Crippen LogP contribution in [0, 0.1) is 0 Å². The van der Waals surface area contributed by atoms with Gasteiger partial charge in [0.15, 0.2) is 5.69 Å². The number of hydrogen-bond donors (Lipinski definition) is 1. The molecule has 0 bridgehead atoms. The summed E-state index contributed by atoms with van der Waals surface area (Å²) >= 11 is 1.49. The summed E-state index contributed by atoms with van der Waals surface area (Å²) in [4.78, 5) is 17.3. The highest BCUT2D eigenvalue weighted by atomic mass is 32.1. The second kappa shape index (κ2) is 6.28. The molecule has 124 valence electrons. The Labute approximate surface area is 132 Å². The summed E-state index contributed by atoms with van der Waals surface area (Å²) < 4.78 is 47.5. The van der Waals surface area contributed by atoms with Crippen molar-refractivity contribution in [2.24, 2.45) is 0 Å². The molecule has 0 unspecified atom stereocenters. The predicted octanol–water partition coefficient (Wildman–Crippen LogP) is 2.20. The number of carbonyl (C=O) groups excluding carboxylic acids is 1. The molecule has 0 saturated heterocycles. The summed E-state index contributed by atoms with van der Waals surface area (Å²) in [5.41, 5.74) is -0.942. The Balaban J connectivity index is 1.58. The SMILES string of the molecule is O=C(NCCc1nc2c(s1)COCC2)c1conc1C(F)(F)F. The van der Waals surface area contributed by atoms with E-state index in [2.05, 4.69) is 20.0 Å². The Kier molecular flexibility index (Phi) is 4.35. The molecule has 2 aromatic rings. The molecule has 1 aliphatic heterocycles. The first kappa shape index (κ1) is 15.9. The third-order valence-electron chi connectivity index (χ3n) is 3.25. The zero-order chi connectivity index (χ0) is 16.4. The van der Waals surface area contributed by atoms with E-state index < -0.39 is 23.3 Å². The number of nitrogens with zero attached hydrogens (tertiary/aromatic N) is 2. The zero-order valence-electron chi connectivity index (χ0n) is 11.8. The van der Waals surface area contributed by atoms with E-state index in [-0.39, 0.29) is 6.54 Å². The van der Waals surface area contributed by atoms with E-state index in [0.29, 0.717) is 25.9 Å². The van der Waals surface area contributed by atoms with Gasteiger partial charge in [0.1, 0.15) is 11.8 Å². The van der Waals surface area contributed by atoms with E-state index in [0.717, 1.165) is 22.0 Å². The second-order valence-electron chi connectivity index (χ2n) is 4.86. The lowest BCUT2D eigenvalue weighted by molar-refractivity contribution is -0.143. The van der Waals surface area contributed by atoms with Crippen molar-refractivity contribution in [3.8, 4) is 0 Å². The van der Waals surface area contributed by atoms with Crippen molar-refractivity contribution in [1.29, 1.82) is 0 Å². The Morgan fingerprint density at radius 3 is 3.00 bits per heavy atom. The fourth-order valence-corrected chi connectivity index (χ4v) is 3.22. The first-order valence-electron chi connectivity index (χ1n) is 6.80. The minimum atomic E-state index is -4.73. The van der Waals surface area contributed by atoms with Crippen LogP contribution in [-0.2, 0) is 30.4 Å². The number of alkyl halides is 3. The first-order valence-corrected chi connectivity index (χ1v) is 7.62. The van der Waals surface area contributed by atoms with Crippen LogP contribution in [0.4, 0.5) is 13.2 Å². The maximum absolute atomic E-state index is 12.6. The molecule has 0 saturated carbocycles. The Bertz CT molecular complexity index is 687. The van der Waals surface area contributed by atoms with Crippen molar-refractivity contribution in [3.05, 3.63) is 33.1 Å². The van der Waals surface area contributed by atoms with Gasteiger partial charge >= 0.3 is 6.18 Å². The average molecular weight is 347 g/mol.